The molecule has 1 heterocycles. The number of hydrogen-bond donors (Lipinski definition) is 2. The topological polar surface area (TPSA) is 43.7 Å². The average molecular weight is 249 g/mol. The number of aliphatic hydroxyl groups is 2. The molecule has 2 N–H and O–H groups in total. The minimum Gasteiger partial charge on any atom is -0.391 e. The molecule has 0 bridgehead atoms. The van der Waals surface area contributed by atoms with Gasteiger partial charge in [0.15, 0.2) is 0 Å². The summed E-state index contributed by atoms with van der Waals surface area (Å²) in [7, 11) is 0. The molecule has 0 amide bonds. The summed E-state index contributed by atoms with van der Waals surface area (Å²) in [4.78, 5) is 2.19. The third-order valence-corrected chi connectivity index (χ3v) is 3.94. The van der Waals surface area contributed by atoms with Crippen molar-refractivity contribution in [1.29, 1.82) is 0 Å². The van der Waals surface area contributed by atoms with Gasteiger partial charge in [-0.1, -0.05) is 32.0 Å². The third kappa shape index (κ3) is 2.68. The Hall–Kier alpha value is -1.06. The Balaban J connectivity index is 2.22. The van der Waals surface area contributed by atoms with Gasteiger partial charge in [-0.15, -0.1) is 0 Å². The maximum atomic E-state index is 10.1. The number of piperidine rings is 1. The molecule has 3 atom stereocenters. The van der Waals surface area contributed by atoms with Crippen LogP contribution in [0.15, 0.2) is 24.3 Å². The van der Waals surface area contributed by atoms with Crippen LogP contribution in [-0.4, -0.2) is 29.4 Å². The first-order valence-electron chi connectivity index (χ1n) is 6.83. The summed E-state index contributed by atoms with van der Waals surface area (Å²) in [5.74, 6) is 0.365. The number of anilines is 1. The highest BCUT2D eigenvalue weighted by atomic mass is 16.3. The second-order valence-electron chi connectivity index (χ2n) is 5.26. The zero-order chi connectivity index (χ0) is 13.1. The zero-order valence-electron chi connectivity index (χ0n) is 11.2. The van der Waals surface area contributed by atoms with Crippen molar-refractivity contribution < 1.29 is 10.2 Å². The van der Waals surface area contributed by atoms with Gasteiger partial charge in [0.05, 0.1) is 12.2 Å². The van der Waals surface area contributed by atoms with Crippen molar-refractivity contribution in [3.05, 3.63) is 29.8 Å². The van der Waals surface area contributed by atoms with Crippen molar-refractivity contribution in [3.63, 3.8) is 0 Å². The summed E-state index contributed by atoms with van der Waals surface area (Å²) in [6.07, 6.45) is 1.02. The highest BCUT2D eigenvalue weighted by Gasteiger charge is 2.26. The van der Waals surface area contributed by atoms with Crippen molar-refractivity contribution in [2.45, 2.75) is 38.9 Å². The van der Waals surface area contributed by atoms with Crippen molar-refractivity contribution in [1.82, 2.24) is 0 Å². The first kappa shape index (κ1) is 13.4. The Morgan fingerprint density at radius 3 is 2.78 bits per heavy atom. The molecule has 1 aliphatic rings. The van der Waals surface area contributed by atoms with E-state index in [-0.39, 0.29) is 6.10 Å². The van der Waals surface area contributed by atoms with E-state index in [9.17, 15) is 10.2 Å². The number of benzene rings is 1. The van der Waals surface area contributed by atoms with Crippen LogP contribution < -0.4 is 4.90 Å². The molecule has 0 aromatic heterocycles. The van der Waals surface area contributed by atoms with Crippen LogP contribution in [0.25, 0.3) is 0 Å². The summed E-state index contributed by atoms with van der Waals surface area (Å²) in [6, 6.07) is 7.97. The van der Waals surface area contributed by atoms with Crippen LogP contribution in [-0.2, 0) is 0 Å². The molecule has 3 nitrogen and oxygen atoms in total. The Morgan fingerprint density at radius 1 is 1.39 bits per heavy atom. The summed E-state index contributed by atoms with van der Waals surface area (Å²) >= 11 is 0. The second kappa shape index (κ2) is 5.72. The van der Waals surface area contributed by atoms with Gasteiger partial charge in [-0.2, -0.15) is 0 Å². The fourth-order valence-electron chi connectivity index (χ4n) is 2.54. The minimum atomic E-state index is -0.419. The van der Waals surface area contributed by atoms with Crippen LogP contribution >= 0.6 is 0 Å². The fourth-order valence-corrected chi connectivity index (χ4v) is 2.54. The summed E-state index contributed by atoms with van der Waals surface area (Å²) < 4.78 is 0. The van der Waals surface area contributed by atoms with Gasteiger partial charge in [-0.3, -0.25) is 0 Å². The minimum absolute atomic E-state index is 0.273. The molecule has 1 aromatic rings. The maximum absolute atomic E-state index is 10.1. The number of hydrogen-bond acceptors (Lipinski definition) is 3. The van der Waals surface area contributed by atoms with Crippen LogP contribution in [0.2, 0.25) is 0 Å². The van der Waals surface area contributed by atoms with E-state index in [4.69, 9.17) is 0 Å². The molecule has 100 valence electrons. The van der Waals surface area contributed by atoms with Crippen molar-refractivity contribution in [3.8, 4) is 0 Å². The van der Waals surface area contributed by atoms with Crippen molar-refractivity contribution in [2.75, 3.05) is 18.0 Å². The van der Waals surface area contributed by atoms with E-state index in [1.54, 1.807) is 0 Å². The van der Waals surface area contributed by atoms with E-state index in [0.29, 0.717) is 18.9 Å². The molecule has 2 rings (SSSR count). The van der Waals surface area contributed by atoms with E-state index in [0.717, 1.165) is 24.2 Å². The molecular weight excluding hydrogens is 226 g/mol. The zero-order valence-corrected chi connectivity index (χ0v) is 11.2. The first-order valence-corrected chi connectivity index (χ1v) is 6.83. The summed E-state index contributed by atoms with van der Waals surface area (Å²) in [6.45, 7) is 5.68. The smallest absolute Gasteiger partial charge is 0.0807 e. The van der Waals surface area contributed by atoms with E-state index >= 15 is 0 Å². The van der Waals surface area contributed by atoms with Gasteiger partial charge < -0.3 is 15.1 Å². The van der Waals surface area contributed by atoms with E-state index in [1.165, 1.54) is 0 Å². The second-order valence-corrected chi connectivity index (χ2v) is 5.26. The van der Waals surface area contributed by atoms with Crippen LogP contribution in [0.4, 0.5) is 5.69 Å². The Morgan fingerprint density at radius 2 is 2.11 bits per heavy atom. The molecular formula is C15H23NO2. The number of aliphatic hydroxyl groups excluding tert-OH is 2. The van der Waals surface area contributed by atoms with Crippen LogP contribution in [0.5, 0.6) is 0 Å². The van der Waals surface area contributed by atoms with Gasteiger partial charge in [-0.05, 0) is 24.8 Å². The highest BCUT2D eigenvalue weighted by Crippen LogP contribution is 2.31. The molecule has 0 aliphatic carbocycles. The van der Waals surface area contributed by atoms with Gasteiger partial charge in [-0.25, -0.2) is 0 Å². The molecule has 2 unspecified atom stereocenters. The molecule has 0 radical (unpaired) electrons. The summed E-state index contributed by atoms with van der Waals surface area (Å²) in [5.41, 5.74) is 2.04. The molecule has 0 spiro atoms. The van der Waals surface area contributed by atoms with Crippen molar-refractivity contribution in [2.24, 2.45) is 5.92 Å². The molecule has 18 heavy (non-hydrogen) atoms. The van der Waals surface area contributed by atoms with E-state index in [1.807, 2.05) is 31.2 Å². The maximum Gasteiger partial charge on any atom is 0.0807 e. The molecule has 1 aliphatic heterocycles. The number of β-amino-alcohol motifs (C(OH)–C–C–N with tert-alkyl or cyclic N) is 1. The number of nitrogens with zero attached hydrogens (tertiary/aromatic N) is 1. The van der Waals surface area contributed by atoms with Crippen LogP contribution in [0.3, 0.4) is 0 Å². The quantitative estimate of drug-likeness (QED) is 0.864. The molecule has 3 heteroatoms. The van der Waals surface area contributed by atoms with E-state index < -0.39 is 6.10 Å². The van der Waals surface area contributed by atoms with Gasteiger partial charge in [0.2, 0.25) is 0 Å². The highest BCUT2D eigenvalue weighted by molar-refractivity contribution is 5.55. The predicted octanol–water partition coefficient (Wildman–Crippen LogP) is 2.34. The van der Waals surface area contributed by atoms with Gasteiger partial charge in [0, 0.05) is 24.3 Å². The molecule has 1 aromatic carbocycles. The standard InChI is InChI=1S/C15H23NO2/c1-3-14(17)12-6-4-5-7-13(12)16-9-8-11(2)15(18)10-16/h4-7,11,14-15,17-18H,3,8-10H2,1-2H3/t11?,14-,15?/m0/s1. The fraction of sp³-hybridized carbons (Fsp3) is 0.600. The Labute approximate surface area is 109 Å². The van der Waals surface area contributed by atoms with E-state index in [2.05, 4.69) is 11.8 Å². The Bertz CT molecular complexity index is 394. The van der Waals surface area contributed by atoms with Crippen LogP contribution in [0, 0.1) is 5.92 Å². The summed E-state index contributed by atoms with van der Waals surface area (Å²) in [5, 5.41) is 20.1. The first-order chi connectivity index (χ1) is 8.63. The van der Waals surface area contributed by atoms with Crippen LogP contribution in [0.1, 0.15) is 38.4 Å². The normalized spacial score (nSPS) is 26.1. The SMILES string of the molecule is CC[C@H](O)c1ccccc1N1CCC(C)C(O)C1. The molecule has 1 saturated heterocycles. The lowest BCUT2D eigenvalue weighted by molar-refractivity contribution is 0.102. The lowest BCUT2D eigenvalue weighted by atomic mass is 9.94. The van der Waals surface area contributed by atoms with Crippen molar-refractivity contribution >= 4 is 5.69 Å². The third-order valence-electron chi connectivity index (χ3n) is 3.94. The lowest BCUT2D eigenvalue weighted by Crippen LogP contribution is -2.43. The number of rotatable bonds is 3. The Kier molecular flexibility index (Phi) is 4.25. The average Bonchev–Trinajstić information content (AvgIpc) is 2.41. The number of para-hydroxylation sites is 1. The monoisotopic (exact) mass is 249 g/mol. The van der Waals surface area contributed by atoms with Gasteiger partial charge >= 0.3 is 0 Å². The molecule has 1 fully saturated rings. The predicted molar refractivity (Wildman–Crippen MR) is 73.7 cm³/mol. The molecule has 0 saturated carbocycles. The van der Waals surface area contributed by atoms with Gasteiger partial charge in [0.1, 0.15) is 0 Å². The van der Waals surface area contributed by atoms with Gasteiger partial charge in [0.25, 0.3) is 0 Å². The largest absolute Gasteiger partial charge is 0.391 e. The lowest BCUT2D eigenvalue weighted by Gasteiger charge is -2.37.